The maximum atomic E-state index is 12.8. The molecule has 1 aromatic carbocycles. The highest BCUT2D eigenvalue weighted by molar-refractivity contribution is 6.08. The normalized spacial score (nSPS) is 17.9. The molecule has 1 aliphatic heterocycles. The fraction of sp³-hybridized carbons (Fsp3) is 0.375. The van der Waals surface area contributed by atoms with Gasteiger partial charge in [-0.25, -0.2) is 0 Å². The first-order chi connectivity index (χ1) is 11.2. The number of likely N-dealkylation sites (tertiary alicyclic amines) is 1. The molecular formula is C16H15F3N2O3. The zero-order chi connectivity index (χ0) is 17.5. The van der Waals surface area contributed by atoms with Crippen molar-refractivity contribution in [3.05, 3.63) is 36.0 Å². The number of aromatic hydroxyl groups is 1. The van der Waals surface area contributed by atoms with Gasteiger partial charge >= 0.3 is 6.18 Å². The van der Waals surface area contributed by atoms with E-state index in [4.69, 9.17) is 0 Å². The second-order valence-electron chi connectivity index (χ2n) is 5.86. The Bertz CT molecular complexity index is 784. The molecule has 1 aliphatic rings. The Balaban J connectivity index is 1.88. The quantitative estimate of drug-likeness (QED) is 0.836. The number of piperidine rings is 1. The summed E-state index contributed by atoms with van der Waals surface area (Å²) in [6.07, 6.45) is -4.77. The summed E-state index contributed by atoms with van der Waals surface area (Å²) >= 11 is 0. The number of fused-ring (bicyclic) bond motifs is 1. The van der Waals surface area contributed by atoms with Crippen molar-refractivity contribution in [3.63, 3.8) is 0 Å². The van der Waals surface area contributed by atoms with Gasteiger partial charge in [0, 0.05) is 31.3 Å². The lowest BCUT2D eigenvalue weighted by molar-refractivity contribution is -0.271. The number of pyridine rings is 1. The number of hydrogen-bond acceptors (Lipinski definition) is 4. The van der Waals surface area contributed by atoms with Gasteiger partial charge in [-0.05, 0) is 6.07 Å². The van der Waals surface area contributed by atoms with Crippen molar-refractivity contribution in [2.75, 3.05) is 13.1 Å². The van der Waals surface area contributed by atoms with E-state index in [1.54, 1.807) is 24.3 Å². The Morgan fingerprint density at radius 2 is 1.83 bits per heavy atom. The molecule has 1 saturated heterocycles. The van der Waals surface area contributed by atoms with Gasteiger partial charge < -0.3 is 15.1 Å². The summed E-state index contributed by atoms with van der Waals surface area (Å²) < 4.78 is 38.5. The van der Waals surface area contributed by atoms with Gasteiger partial charge in [0.1, 0.15) is 5.75 Å². The third kappa shape index (κ3) is 2.66. The van der Waals surface area contributed by atoms with Gasteiger partial charge in [-0.3, -0.25) is 9.78 Å². The zero-order valence-corrected chi connectivity index (χ0v) is 12.5. The molecule has 1 fully saturated rings. The Labute approximate surface area is 135 Å². The van der Waals surface area contributed by atoms with Crippen molar-refractivity contribution in [2.45, 2.75) is 24.6 Å². The molecule has 128 valence electrons. The minimum atomic E-state index is -4.73. The van der Waals surface area contributed by atoms with Crippen LogP contribution in [0, 0.1) is 0 Å². The van der Waals surface area contributed by atoms with Gasteiger partial charge in [0.05, 0.1) is 17.3 Å². The number of carbonyl (C=O) groups excluding carboxylic acids is 1. The summed E-state index contributed by atoms with van der Waals surface area (Å²) in [5.74, 6) is -0.898. The molecule has 0 spiro atoms. The first kappa shape index (κ1) is 16.5. The van der Waals surface area contributed by atoms with Gasteiger partial charge in [0.25, 0.3) is 5.91 Å². The van der Waals surface area contributed by atoms with Crippen molar-refractivity contribution in [1.29, 1.82) is 0 Å². The molecule has 3 rings (SSSR count). The summed E-state index contributed by atoms with van der Waals surface area (Å²) in [5, 5.41) is 20.1. The van der Waals surface area contributed by atoms with Crippen LogP contribution >= 0.6 is 0 Å². The Kier molecular flexibility index (Phi) is 3.87. The number of hydrogen-bond donors (Lipinski definition) is 2. The van der Waals surface area contributed by atoms with Gasteiger partial charge in [0.15, 0.2) is 5.60 Å². The Morgan fingerprint density at radius 3 is 2.46 bits per heavy atom. The van der Waals surface area contributed by atoms with E-state index in [2.05, 4.69) is 4.98 Å². The number of benzene rings is 1. The molecular weight excluding hydrogens is 325 g/mol. The largest absolute Gasteiger partial charge is 0.505 e. The molecule has 0 unspecified atom stereocenters. The zero-order valence-electron chi connectivity index (χ0n) is 12.5. The van der Waals surface area contributed by atoms with Gasteiger partial charge in [-0.15, -0.1) is 0 Å². The summed E-state index contributed by atoms with van der Waals surface area (Å²) in [5.41, 5.74) is -2.26. The topological polar surface area (TPSA) is 73.7 Å². The predicted octanol–water partition coefficient (Wildman–Crippen LogP) is 2.47. The maximum absolute atomic E-state index is 12.8. The minimum Gasteiger partial charge on any atom is -0.505 e. The smallest absolute Gasteiger partial charge is 0.417 e. The number of para-hydroxylation sites is 1. The van der Waals surface area contributed by atoms with Crippen LogP contribution in [0.3, 0.4) is 0 Å². The lowest BCUT2D eigenvalue weighted by Gasteiger charge is -2.39. The fourth-order valence-corrected chi connectivity index (χ4v) is 2.88. The monoisotopic (exact) mass is 340 g/mol. The van der Waals surface area contributed by atoms with Crippen LogP contribution in [0.5, 0.6) is 5.75 Å². The molecule has 1 aromatic heterocycles. The first-order valence-corrected chi connectivity index (χ1v) is 7.38. The van der Waals surface area contributed by atoms with E-state index >= 15 is 0 Å². The molecule has 2 aromatic rings. The molecule has 24 heavy (non-hydrogen) atoms. The Morgan fingerprint density at radius 1 is 1.21 bits per heavy atom. The van der Waals surface area contributed by atoms with Gasteiger partial charge in [-0.2, -0.15) is 13.2 Å². The van der Waals surface area contributed by atoms with Crippen molar-refractivity contribution < 1.29 is 28.2 Å². The number of carbonyl (C=O) groups is 1. The molecule has 5 nitrogen and oxygen atoms in total. The van der Waals surface area contributed by atoms with E-state index in [1.165, 1.54) is 4.90 Å². The molecule has 0 radical (unpaired) electrons. The molecule has 1 amide bonds. The first-order valence-electron chi connectivity index (χ1n) is 7.38. The van der Waals surface area contributed by atoms with Crippen LogP contribution < -0.4 is 0 Å². The summed E-state index contributed by atoms with van der Waals surface area (Å²) in [7, 11) is 0. The van der Waals surface area contributed by atoms with Crippen LogP contribution in [0.4, 0.5) is 13.2 Å². The number of amides is 1. The van der Waals surface area contributed by atoms with Crippen LogP contribution in [0.1, 0.15) is 23.2 Å². The van der Waals surface area contributed by atoms with Crippen LogP contribution in [0.15, 0.2) is 30.5 Å². The van der Waals surface area contributed by atoms with Crippen molar-refractivity contribution in [2.24, 2.45) is 0 Å². The standard InChI is InChI=1S/C16H15F3N2O3/c17-16(18,19)15(24)5-7-21(8-6-15)14(23)13-10-3-1-2-4-11(10)20-9-12(13)22/h1-4,9,22,24H,5-8H2. The summed E-state index contributed by atoms with van der Waals surface area (Å²) in [4.78, 5) is 17.9. The Hall–Kier alpha value is -2.35. The van der Waals surface area contributed by atoms with E-state index in [1.807, 2.05) is 0 Å². The highest BCUT2D eigenvalue weighted by Crippen LogP contribution is 2.39. The number of aliphatic hydroxyl groups is 1. The van der Waals surface area contributed by atoms with Crippen molar-refractivity contribution in [3.8, 4) is 5.75 Å². The summed E-state index contributed by atoms with van der Waals surface area (Å²) in [6, 6.07) is 6.69. The van der Waals surface area contributed by atoms with Crippen molar-refractivity contribution in [1.82, 2.24) is 9.88 Å². The molecule has 0 bridgehead atoms. The number of aromatic nitrogens is 1. The van der Waals surface area contributed by atoms with E-state index in [0.29, 0.717) is 10.9 Å². The van der Waals surface area contributed by atoms with Crippen LogP contribution in [-0.4, -0.2) is 50.9 Å². The molecule has 2 heterocycles. The highest BCUT2D eigenvalue weighted by atomic mass is 19.4. The molecule has 8 heteroatoms. The van der Waals surface area contributed by atoms with Crippen LogP contribution in [-0.2, 0) is 0 Å². The van der Waals surface area contributed by atoms with E-state index in [9.17, 15) is 28.2 Å². The van der Waals surface area contributed by atoms with E-state index < -0.39 is 30.5 Å². The number of halogens is 3. The number of nitrogens with zero attached hydrogens (tertiary/aromatic N) is 2. The van der Waals surface area contributed by atoms with Gasteiger partial charge in [0.2, 0.25) is 0 Å². The second-order valence-corrected chi connectivity index (χ2v) is 5.86. The second kappa shape index (κ2) is 5.62. The molecule has 0 atom stereocenters. The molecule has 0 aliphatic carbocycles. The lowest BCUT2D eigenvalue weighted by atomic mass is 9.90. The van der Waals surface area contributed by atoms with Crippen LogP contribution in [0.2, 0.25) is 0 Å². The highest BCUT2D eigenvalue weighted by Gasteiger charge is 2.55. The lowest BCUT2D eigenvalue weighted by Crippen LogP contribution is -2.54. The average Bonchev–Trinajstić information content (AvgIpc) is 2.54. The third-order valence-corrected chi connectivity index (χ3v) is 4.37. The number of alkyl halides is 3. The van der Waals surface area contributed by atoms with Gasteiger partial charge in [-0.1, -0.05) is 18.2 Å². The predicted molar refractivity (Wildman–Crippen MR) is 79.6 cm³/mol. The molecule has 2 N–H and O–H groups in total. The van der Waals surface area contributed by atoms with E-state index in [0.717, 1.165) is 6.20 Å². The molecule has 0 saturated carbocycles. The van der Waals surface area contributed by atoms with Crippen LogP contribution in [0.25, 0.3) is 10.9 Å². The maximum Gasteiger partial charge on any atom is 0.417 e. The van der Waals surface area contributed by atoms with Crippen molar-refractivity contribution >= 4 is 16.8 Å². The summed E-state index contributed by atoms with van der Waals surface area (Å²) in [6.45, 7) is -0.490. The number of rotatable bonds is 1. The third-order valence-electron chi connectivity index (χ3n) is 4.37. The van der Waals surface area contributed by atoms with E-state index in [-0.39, 0.29) is 24.4 Å². The fourth-order valence-electron chi connectivity index (χ4n) is 2.88. The SMILES string of the molecule is O=C(c1c(O)cnc2ccccc12)N1CCC(O)(C(F)(F)F)CC1. The average molecular weight is 340 g/mol. The minimum absolute atomic E-state index is 0.0121.